The van der Waals surface area contributed by atoms with Crippen molar-refractivity contribution in [2.75, 3.05) is 0 Å². The molecule has 74 valence electrons. The Balaban J connectivity index is 2.77. The lowest BCUT2D eigenvalue weighted by Crippen LogP contribution is -2.05. The van der Waals surface area contributed by atoms with Crippen molar-refractivity contribution in [1.29, 1.82) is 0 Å². The summed E-state index contributed by atoms with van der Waals surface area (Å²) in [6.07, 6.45) is 2.67. The van der Waals surface area contributed by atoms with Crippen LogP contribution in [-0.4, -0.2) is 14.8 Å². The first-order valence-electron chi connectivity index (χ1n) is 4.47. The van der Waals surface area contributed by atoms with Gasteiger partial charge in [0.15, 0.2) is 0 Å². The molecule has 0 aromatic carbocycles. The van der Waals surface area contributed by atoms with Crippen LogP contribution < -0.4 is 5.56 Å². The summed E-state index contributed by atoms with van der Waals surface area (Å²) in [4.78, 5) is 14.2. The number of halogens is 1. The summed E-state index contributed by atoms with van der Waals surface area (Å²) in [6.45, 7) is 2.94. The molecule has 5 heteroatoms. The summed E-state index contributed by atoms with van der Waals surface area (Å²) in [5, 5.41) is 5.02. The molecular formula is C9H10IN3O. The molecule has 0 aliphatic heterocycles. The Labute approximate surface area is 94.5 Å². The molecule has 1 N–H and O–H groups in total. The Morgan fingerprint density at radius 2 is 2.43 bits per heavy atom. The van der Waals surface area contributed by atoms with E-state index in [-0.39, 0.29) is 5.56 Å². The van der Waals surface area contributed by atoms with Crippen LogP contribution >= 0.6 is 22.6 Å². The van der Waals surface area contributed by atoms with Crippen LogP contribution in [0.2, 0.25) is 0 Å². The second-order valence-corrected chi connectivity index (χ2v) is 4.10. The molecule has 0 amide bonds. The van der Waals surface area contributed by atoms with Gasteiger partial charge in [-0.05, 0) is 35.1 Å². The summed E-state index contributed by atoms with van der Waals surface area (Å²) in [5.41, 5.74) is 0.856. The fraction of sp³-hybridized carbons (Fsp3) is 0.333. The van der Waals surface area contributed by atoms with Crippen LogP contribution in [0.3, 0.4) is 0 Å². The Kier molecular flexibility index (Phi) is 2.58. The highest BCUT2D eigenvalue weighted by Gasteiger charge is 2.10. The molecule has 2 aromatic heterocycles. The first kappa shape index (κ1) is 9.70. The maximum Gasteiger partial charge on any atom is 0.260 e. The predicted octanol–water partition coefficient (Wildman–Crippen LogP) is 1.74. The molecule has 0 saturated carbocycles. The van der Waals surface area contributed by atoms with Crippen LogP contribution in [0.4, 0.5) is 0 Å². The highest BCUT2D eigenvalue weighted by atomic mass is 127. The zero-order chi connectivity index (χ0) is 10.1. The van der Waals surface area contributed by atoms with Crippen LogP contribution in [-0.2, 0) is 6.54 Å². The third-order valence-corrected chi connectivity index (χ3v) is 2.82. The van der Waals surface area contributed by atoms with E-state index in [9.17, 15) is 4.79 Å². The Bertz CT molecular complexity index is 514. The van der Waals surface area contributed by atoms with Gasteiger partial charge < -0.3 is 4.98 Å². The smallest absolute Gasteiger partial charge is 0.260 e. The molecule has 0 unspecified atom stereocenters. The molecule has 14 heavy (non-hydrogen) atoms. The average Bonchev–Trinajstić information content (AvgIpc) is 2.46. The van der Waals surface area contributed by atoms with E-state index in [2.05, 4.69) is 39.6 Å². The molecule has 0 radical (unpaired) electrons. The summed E-state index contributed by atoms with van der Waals surface area (Å²) in [7, 11) is 0. The van der Waals surface area contributed by atoms with Crippen molar-refractivity contribution < 1.29 is 0 Å². The van der Waals surface area contributed by atoms with Crippen molar-refractivity contribution in [2.45, 2.75) is 19.9 Å². The Morgan fingerprint density at radius 3 is 3.14 bits per heavy atom. The van der Waals surface area contributed by atoms with E-state index >= 15 is 0 Å². The fourth-order valence-corrected chi connectivity index (χ4v) is 2.26. The number of pyridine rings is 1. The molecule has 2 heterocycles. The number of hydrogen-bond donors (Lipinski definition) is 1. The van der Waals surface area contributed by atoms with Gasteiger partial charge in [0.1, 0.15) is 3.70 Å². The van der Waals surface area contributed by atoms with Crippen molar-refractivity contribution in [2.24, 2.45) is 0 Å². The summed E-state index contributed by atoms with van der Waals surface area (Å²) in [6, 6.07) is 1.89. The van der Waals surface area contributed by atoms with E-state index in [0.29, 0.717) is 5.39 Å². The van der Waals surface area contributed by atoms with Crippen LogP contribution in [0.5, 0.6) is 0 Å². The number of aryl methyl sites for hydroxylation is 1. The van der Waals surface area contributed by atoms with Gasteiger partial charge in [0.25, 0.3) is 5.56 Å². The number of aromatic amines is 1. The lowest BCUT2D eigenvalue weighted by molar-refractivity contribution is 0.618. The van der Waals surface area contributed by atoms with E-state index in [0.717, 1.165) is 22.2 Å². The van der Waals surface area contributed by atoms with Gasteiger partial charge in [0.2, 0.25) is 0 Å². The molecule has 0 aliphatic rings. The number of hydrogen-bond acceptors (Lipinski definition) is 2. The third-order valence-electron chi connectivity index (χ3n) is 2.07. The van der Waals surface area contributed by atoms with Gasteiger partial charge in [-0.1, -0.05) is 6.92 Å². The lowest BCUT2D eigenvalue weighted by atomic mass is 10.3. The Morgan fingerprint density at radius 1 is 1.64 bits per heavy atom. The van der Waals surface area contributed by atoms with Gasteiger partial charge in [0, 0.05) is 12.7 Å². The van der Waals surface area contributed by atoms with Crippen molar-refractivity contribution in [3.63, 3.8) is 0 Å². The first-order chi connectivity index (χ1) is 6.74. The average molecular weight is 303 g/mol. The maximum absolute atomic E-state index is 11.5. The van der Waals surface area contributed by atoms with E-state index in [4.69, 9.17) is 0 Å². The second-order valence-electron chi connectivity index (χ2n) is 3.08. The van der Waals surface area contributed by atoms with E-state index < -0.39 is 0 Å². The molecule has 0 saturated heterocycles. The monoisotopic (exact) mass is 303 g/mol. The van der Waals surface area contributed by atoms with Gasteiger partial charge in [-0.3, -0.25) is 9.48 Å². The van der Waals surface area contributed by atoms with Gasteiger partial charge in [-0.2, -0.15) is 5.10 Å². The SMILES string of the molecule is CCCn1nc(I)c2c(=O)[nH]ccc21. The topological polar surface area (TPSA) is 50.7 Å². The lowest BCUT2D eigenvalue weighted by Gasteiger charge is -1.98. The van der Waals surface area contributed by atoms with Crippen LogP contribution in [0, 0.1) is 3.70 Å². The largest absolute Gasteiger partial charge is 0.328 e. The van der Waals surface area contributed by atoms with Crippen molar-refractivity contribution in [3.8, 4) is 0 Å². The standard InChI is InChI=1S/C9H10IN3O/c1-2-5-13-6-3-4-11-9(14)7(6)8(10)12-13/h3-4H,2,5H2,1H3,(H,11,14). The zero-order valence-electron chi connectivity index (χ0n) is 7.75. The summed E-state index contributed by atoms with van der Waals surface area (Å²) < 4.78 is 2.65. The normalized spacial score (nSPS) is 11.0. The molecule has 2 aromatic rings. The van der Waals surface area contributed by atoms with Crippen LogP contribution in [0.1, 0.15) is 13.3 Å². The minimum absolute atomic E-state index is 0.0609. The van der Waals surface area contributed by atoms with Crippen molar-refractivity contribution in [3.05, 3.63) is 26.3 Å². The van der Waals surface area contributed by atoms with Gasteiger partial charge >= 0.3 is 0 Å². The van der Waals surface area contributed by atoms with Gasteiger partial charge in [-0.15, -0.1) is 0 Å². The van der Waals surface area contributed by atoms with Crippen LogP contribution in [0.25, 0.3) is 10.9 Å². The van der Waals surface area contributed by atoms with Crippen molar-refractivity contribution in [1.82, 2.24) is 14.8 Å². The molecule has 0 atom stereocenters. The summed E-state index contributed by atoms with van der Waals surface area (Å²) >= 11 is 2.09. The highest BCUT2D eigenvalue weighted by Crippen LogP contribution is 2.15. The molecular weight excluding hydrogens is 293 g/mol. The summed E-state index contributed by atoms with van der Waals surface area (Å²) in [5.74, 6) is 0. The maximum atomic E-state index is 11.5. The number of nitrogens with zero attached hydrogens (tertiary/aromatic N) is 2. The van der Waals surface area contributed by atoms with Gasteiger partial charge in [-0.25, -0.2) is 0 Å². The fourth-order valence-electron chi connectivity index (χ4n) is 1.47. The van der Waals surface area contributed by atoms with Crippen molar-refractivity contribution >= 4 is 33.5 Å². The van der Waals surface area contributed by atoms with E-state index in [1.54, 1.807) is 6.20 Å². The molecule has 2 rings (SSSR count). The second kappa shape index (κ2) is 3.72. The molecule has 0 bridgehead atoms. The Hall–Kier alpha value is -0.850. The number of H-pyrrole nitrogens is 1. The molecule has 0 spiro atoms. The molecule has 4 nitrogen and oxygen atoms in total. The molecule has 0 aliphatic carbocycles. The quantitative estimate of drug-likeness (QED) is 0.859. The predicted molar refractivity (Wildman–Crippen MR) is 63.4 cm³/mol. The highest BCUT2D eigenvalue weighted by molar-refractivity contribution is 14.1. The minimum Gasteiger partial charge on any atom is -0.328 e. The minimum atomic E-state index is -0.0609. The van der Waals surface area contributed by atoms with Gasteiger partial charge in [0.05, 0.1) is 10.9 Å². The number of fused-ring (bicyclic) bond motifs is 1. The number of nitrogens with one attached hydrogen (secondary N) is 1. The van der Waals surface area contributed by atoms with E-state index in [1.807, 2.05) is 10.7 Å². The number of aromatic nitrogens is 3. The van der Waals surface area contributed by atoms with E-state index in [1.165, 1.54) is 0 Å². The zero-order valence-corrected chi connectivity index (χ0v) is 9.91. The molecule has 0 fully saturated rings. The first-order valence-corrected chi connectivity index (χ1v) is 5.55. The van der Waals surface area contributed by atoms with Crippen LogP contribution in [0.15, 0.2) is 17.1 Å². The third kappa shape index (κ3) is 1.45. The number of rotatable bonds is 2.